The van der Waals surface area contributed by atoms with Crippen molar-refractivity contribution in [3.8, 4) is 5.75 Å². The fraction of sp³-hybridized carbons (Fsp3) is 0.500. The van der Waals surface area contributed by atoms with Gasteiger partial charge in [-0.3, -0.25) is 0 Å². The number of rotatable bonds is 8. The summed E-state index contributed by atoms with van der Waals surface area (Å²) in [7, 11) is 0. The minimum absolute atomic E-state index is 0.188. The molecule has 1 aromatic heterocycles. The molecule has 1 saturated heterocycles. The van der Waals surface area contributed by atoms with Gasteiger partial charge in [-0.05, 0) is 51.3 Å². The number of hydrogen-bond acceptors (Lipinski definition) is 8. The topological polar surface area (TPSA) is 93.1 Å². The summed E-state index contributed by atoms with van der Waals surface area (Å²) in [5, 5.41) is 0.882. The van der Waals surface area contributed by atoms with Crippen LogP contribution in [0.15, 0.2) is 38.2 Å². The van der Waals surface area contributed by atoms with E-state index >= 15 is 0 Å². The quantitative estimate of drug-likeness (QED) is 0.538. The molecular formula is C26H32N6O3. The van der Waals surface area contributed by atoms with Crippen molar-refractivity contribution in [3.63, 3.8) is 0 Å². The third-order valence-electron chi connectivity index (χ3n) is 6.83. The molecule has 0 amide bonds. The SMILES string of the molecule is CCCCn1c(C)c(C(=O)OCC)c2cc(OC[C@H]3CCCN3C3=NCN=C4N=CN=C43)ccc21. The molecule has 5 rings (SSSR count). The third kappa shape index (κ3) is 4.35. The van der Waals surface area contributed by atoms with Gasteiger partial charge in [-0.15, -0.1) is 0 Å². The van der Waals surface area contributed by atoms with E-state index in [1.165, 1.54) is 0 Å². The summed E-state index contributed by atoms with van der Waals surface area (Å²) in [6.07, 6.45) is 5.77. The zero-order valence-electron chi connectivity index (χ0n) is 20.7. The van der Waals surface area contributed by atoms with E-state index in [0.717, 1.165) is 72.7 Å². The molecule has 9 heteroatoms. The number of carbonyl (C=O) groups excluding carboxylic acids is 1. The maximum absolute atomic E-state index is 12.8. The Labute approximate surface area is 205 Å². The minimum atomic E-state index is -0.281. The molecule has 3 aliphatic rings. The van der Waals surface area contributed by atoms with Gasteiger partial charge in [0.2, 0.25) is 0 Å². The second kappa shape index (κ2) is 10.0. The van der Waals surface area contributed by atoms with E-state index in [1.54, 1.807) is 6.34 Å². The minimum Gasteiger partial charge on any atom is -0.491 e. The zero-order valence-corrected chi connectivity index (χ0v) is 20.7. The summed E-state index contributed by atoms with van der Waals surface area (Å²) in [5.41, 5.74) is 3.37. The summed E-state index contributed by atoms with van der Waals surface area (Å²) in [4.78, 5) is 32.7. The van der Waals surface area contributed by atoms with E-state index in [0.29, 0.717) is 31.3 Å². The van der Waals surface area contributed by atoms with Gasteiger partial charge in [0.1, 0.15) is 25.4 Å². The molecule has 184 valence electrons. The predicted molar refractivity (Wildman–Crippen MR) is 138 cm³/mol. The number of nitrogens with zero attached hydrogens (tertiary/aromatic N) is 6. The number of aromatic nitrogens is 1. The normalized spacial score (nSPS) is 19.0. The third-order valence-corrected chi connectivity index (χ3v) is 6.83. The molecule has 0 bridgehead atoms. The molecule has 0 unspecified atom stereocenters. The Morgan fingerprint density at radius 2 is 2.11 bits per heavy atom. The number of carbonyl (C=O) groups is 1. The number of hydrogen-bond donors (Lipinski definition) is 0. The van der Waals surface area contributed by atoms with E-state index in [1.807, 2.05) is 26.0 Å². The molecule has 9 nitrogen and oxygen atoms in total. The highest BCUT2D eigenvalue weighted by Gasteiger charge is 2.34. The van der Waals surface area contributed by atoms with Gasteiger partial charge in [0.15, 0.2) is 17.4 Å². The summed E-state index contributed by atoms with van der Waals surface area (Å²) >= 11 is 0. The van der Waals surface area contributed by atoms with E-state index in [9.17, 15) is 4.79 Å². The maximum atomic E-state index is 12.8. The first-order valence-corrected chi connectivity index (χ1v) is 12.5. The highest BCUT2D eigenvalue weighted by Crippen LogP contribution is 2.31. The molecular weight excluding hydrogens is 444 g/mol. The Morgan fingerprint density at radius 1 is 1.23 bits per heavy atom. The number of aryl methyl sites for hydroxylation is 1. The zero-order chi connectivity index (χ0) is 24.4. The van der Waals surface area contributed by atoms with Gasteiger partial charge in [-0.1, -0.05) is 13.3 Å². The van der Waals surface area contributed by atoms with Crippen molar-refractivity contribution in [3.05, 3.63) is 29.5 Å². The molecule has 0 N–H and O–H groups in total. The number of benzene rings is 1. The average Bonchev–Trinajstić information content (AvgIpc) is 3.58. The van der Waals surface area contributed by atoms with Crippen LogP contribution in [0.3, 0.4) is 0 Å². The van der Waals surface area contributed by atoms with Gasteiger partial charge in [0, 0.05) is 29.7 Å². The van der Waals surface area contributed by atoms with Crippen LogP contribution in [0.1, 0.15) is 55.6 Å². The number of ether oxygens (including phenoxy) is 2. The molecule has 0 aliphatic carbocycles. The van der Waals surface area contributed by atoms with Crippen LogP contribution in [0.5, 0.6) is 5.75 Å². The van der Waals surface area contributed by atoms with Crippen LogP contribution in [-0.2, 0) is 11.3 Å². The first kappa shape index (κ1) is 23.3. The van der Waals surface area contributed by atoms with Crippen LogP contribution >= 0.6 is 0 Å². The van der Waals surface area contributed by atoms with Crippen LogP contribution in [0.25, 0.3) is 10.9 Å². The molecule has 4 heterocycles. The fourth-order valence-electron chi connectivity index (χ4n) is 5.10. The Bertz CT molecular complexity index is 1260. The van der Waals surface area contributed by atoms with Gasteiger partial charge >= 0.3 is 5.97 Å². The number of fused-ring (bicyclic) bond motifs is 2. The summed E-state index contributed by atoms with van der Waals surface area (Å²) in [6.45, 7) is 9.03. The van der Waals surface area contributed by atoms with Crippen LogP contribution in [0.2, 0.25) is 0 Å². The van der Waals surface area contributed by atoms with E-state index in [4.69, 9.17) is 9.47 Å². The van der Waals surface area contributed by atoms with Crippen molar-refractivity contribution in [1.82, 2.24) is 9.47 Å². The second-order valence-corrected chi connectivity index (χ2v) is 8.99. The standard InChI is InChI=1S/C26H32N6O3/c1-4-6-11-31-17(3)22(26(33)34-5-2)20-13-19(9-10-21(20)31)35-14-18-8-7-12-32(18)25-23-24(28-15-27-23)29-16-30-25/h9-10,13,15,18H,4-8,11-12,14,16H2,1-3H3/t18-/m1/s1. The van der Waals surface area contributed by atoms with Crippen LogP contribution in [-0.4, -0.2) is 71.6 Å². The fourth-order valence-corrected chi connectivity index (χ4v) is 5.10. The second-order valence-electron chi connectivity index (χ2n) is 8.99. The molecule has 0 radical (unpaired) electrons. The van der Waals surface area contributed by atoms with Crippen LogP contribution in [0, 0.1) is 6.92 Å². The molecule has 1 fully saturated rings. The highest BCUT2D eigenvalue weighted by atomic mass is 16.5. The number of likely N-dealkylation sites (tertiary alicyclic amines) is 1. The Balaban J connectivity index is 1.37. The number of esters is 1. The summed E-state index contributed by atoms with van der Waals surface area (Å²) in [5.74, 6) is 2.00. The molecule has 0 spiro atoms. The first-order chi connectivity index (χ1) is 17.1. The monoisotopic (exact) mass is 476 g/mol. The lowest BCUT2D eigenvalue weighted by Crippen LogP contribution is -2.45. The van der Waals surface area contributed by atoms with E-state index in [2.05, 4.69) is 42.4 Å². The summed E-state index contributed by atoms with van der Waals surface area (Å²) in [6, 6.07) is 6.22. The number of amidine groups is 2. The first-order valence-electron chi connectivity index (χ1n) is 12.5. The predicted octanol–water partition coefficient (Wildman–Crippen LogP) is 4.02. The van der Waals surface area contributed by atoms with E-state index < -0.39 is 0 Å². The molecule has 1 atom stereocenters. The van der Waals surface area contributed by atoms with Crippen molar-refractivity contribution in [1.29, 1.82) is 0 Å². The lowest BCUT2D eigenvalue weighted by molar-refractivity contribution is 0.0527. The van der Waals surface area contributed by atoms with Gasteiger partial charge < -0.3 is 18.9 Å². The van der Waals surface area contributed by atoms with Gasteiger partial charge in [0.25, 0.3) is 0 Å². The summed E-state index contributed by atoms with van der Waals surface area (Å²) < 4.78 is 13.9. The van der Waals surface area contributed by atoms with E-state index in [-0.39, 0.29) is 12.0 Å². The largest absolute Gasteiger partial charge is 0.491 e. The lowest BCUT2D eigenvalue weighted by Gasteiger charge is -2.28. The number of unbranched alkanes of at least 4 members (excludes halogenated alkanes) is 1. The maximum Gasteiger partial charge on any atom is 0.340 e. The van der Waals surface area contributed by atoms with Gasteiger partial charge in [-0.2, -0.15) is 0 Å². The molecule has 1 aromatic carbocycles. The van der Waals surface area contributed by atoms with Crippen molar-refractivity contribution in [2.75, 3.05) is 26.4 Å². The highest BCUT2D eigenvalue weighted by molar-refractivity contribution is 6.70. The Kier molecular flexibility index (Phi) is 6.66. The average molecular weight is 477 g/mol. The van der Waals surface area contributed by atoms with Crippen molar-refractivity contribution >= 4 is 40.6 Å². The molecule has 0 saturated carbocycles. The van der Waals surface area contributed by atoms with Crippen LogP contribution in [0.4, 0.5) is 0 Å². The van der Waals surface area contributed by atoms with Crippen LogP contribution < -0.4 is 4.74 Å². The number of aliphatic imine (C=N–C) groups is 4. The van der Waals surface area contributed by atoms with Crippen molar-refractivity contribution in [2.24, 2.45) is 20.0 Å². The van der Waals surface area contributed by atoms with Crippen molar-refractivity contribution < 1.29 is 14.3 Å². The Hall–Kier alpha value is -3.49. The molecule has 35 heavy (non-hydrogen) atoms. The van der Waals surface area contributed by atoms with Gasteiger partial charge in [0.05, 0.1) is 18.2 Å². The smallest absolute Gasteiger partial charge is 0.340 e. The molecule has 2 aromatic rings. The molecule has 3 aliphatic heterocycles. The van der Waals surface area contributed by atoms with Crippen molar-refractivity contribution in [2.45, 2.75) is 59.0 Å². The lowest BCUT2D eigenvalue weighted by atomic mass is 10.1. The van der Waals surface area contributed by atoms with Gasteiger partial charge in [-0.25, -0.2) is 24.8 Å². The Morgan fingerprint density at radius 3 is 2.94 bits per heavy atom.